The molecule has 0 spiro atoms. The summed E-state index contributed by atoms with van der Waals surface area (Å²) in [4.78, 5) is 0. The molecule has 2 unspecified atom stereocenters. The molecule has 0 radical (unpaired) electrons. The van der Waals surface area contributed by atoms with Crippen LogP contribution in [0.15, 0.2) is 114 Å². The summed E-state index contributed by atoms with van der Waals surface area (Å²) in [7, 11) is 17.0. The third kappa shape index (κ3) is 9.62. The van der Waals surface area contributed by atoms with Gasteiger partial charge >= 0.3 is 449 Å². The molecule has 2 atom stereocenters. The second kappa shape index (κ2) is 18.9. The Kier molecular flexibility index (Phi) is 14.0. The van der Waals surface area contributed by atoms with Gasteiger partial charge in [0, 0.05) is 0 Å². The number of allylic oxidation sites excluding steroid dienone is 2. The van der Waals surface area contributed by atoms with E-state index < -0.39 is 91.0 Å². The van der Waals surface area contributed by atoms with Crippen molar-refractivity contribution in [2.75, 3.05) is 0 Å². The predicted octanol–water partition coefficient (Wildman–Crippen LogP) is 18.3. The topological polar surface area (TPSA) is 0 Å². The molecular weight excluding hydrogens is 1140 g/mol. The van der Waals surface area contributed by atoms with Crippen LogP contribution in [0.5, 0.6) is 0 Å². The van der Waals surface area contributed by atoms with Gasteiger partial charge in [-0.1, -0.05) is 0 Å². The Labute approximate surface area is 445 Å². The van der Waals surface area contributed by atoms with Crippen LogP contribution in [0.25, 0.3) is 45.5 Å². The molecule has 1 heterocycles. The summed E-state index contributed by atoms with van der Waals surface area (Å²) in [6.45, 7) is 14.8. The van der Waals surface area contributed by atoms with Crippen molar-refractivity contribution in [3.8, 4) is 33.4 Å². The van der Waals surface area contributed by atoms with Crippen molar-refractivity contribution in [1.82, 2.24) is 0 Å². The second-order valence-electron chi connectivity index (χ2n) is 22.7. The minimum absolute atomic E-state index is 0.109. The molecule has 16 heteroatoms. The molecule has 9 rings (SSSR count). The van der Waals surface area contributed by atoms with Gasteiger partial charge in [-0.2, -0.15) is 0 Å². The van der Waals surface area contributed by atoms with Gasteiger partial charge in [0.15, 0.2) is 0 Å². The first-order chi connectivity index (χ1) is 35.1. The first-order valence-corrected chi connectivity index (χ1v) is 37.0. The Balaban J connectivity index is 1.44. The van der Waals surface area contributed by atoms with E-state index in [4.69, 9.17) is 0 Å². The van der Waals surface area contributed by atoms with Crippen LogP contribution in [0.1, 0.15) is 144 Å². The van der Waals surface area contributed by atoms with E-state index in [9.17, 15) is 69.7 Å². The minimum atomic E-state index is -6.62. The van der Waals surface area contributed by atoms with E-state index in [1.54, 1.807) is 12.1 Å². The third-order valence-corrected chi connectivity index (χ3v) is 38.2. The standard InChI is InChI=1S/2C24H23F6.C12H9Si.2ClH.Zr/c2*1-5-6-14-9-15-7-8-20(22(2,3)4)21(19(15)10-14)16-11-17(23(25,26)27)13-18(12-16)24(28,29)30;1-3-7-11-9(5-1)10-6-2-4-8-12(10)13-11;;;/h2*7-13H,5-6H2,1-4H3;1-7H,13H2;2*1H;/q;;;;;+2/p-2. The van der Waals surface area contributed by atoms with Crippen molar-refractivity contribution in [3.63, 3.8) is 0 Å². The van der Waals surface area contributed by atoms with Crippen LogP contribution in [0.3, 0.4) is 0 Å². The van der Waals surface area contributed by atoms with Gasteiger partial charge in [0.05, 0.1) is 0 Å². The average Bonchev–Trinajstić information content (AvgIpc) is 4.05. The van der Waals surface area contributed by atoms with Crippen molar-refractivity contribution >= 4 is 52.3 Å². The fraction of sp³-hybridized carbons (Fsp3) is 0.333. The van der Waals surface area contributed by atoms with Crippen molar-refractivity contribution in [2.45, 2.75) is 124 Å². The molecule has 0 amide bonds. The molecule has 76 heavy (non-hydrogen) atoms. The molecule has 0 fully saturated rings. The Morgan fingerprint density at radius 3 is 1.22 bits per heavy atom. The Hall–Kier alpha value is -4.36. The van der Waals surface area contributed by atoms with Crippen LogP contribution >= 0.6 is 17.0 Å². The molecule has 401 valence electrons. The fourth-order valence-corrected chi connectivity index (χ4v) is 40.4. The summed E-state index contributed by atoms with van der Waals surface area (Å²) in [5.74, 6) is 0. The number of fused-ring (bicyclic) bond motifs is 5. The number of halogens is 14. The molecule has 0 N–H and O–H groups in total. The fourth-order valence-electron chi connectivity index (χ4n) is 12.4. The van der Waals surface area contributed by atoms with Crippen molar-refractivity contribution < 1.29 is 69.1 Å². The summed E-state index contributed by atoms with van der Waals surface area (Å²) >= 11 is -6.62. The van der Waals surface area contributed by atoms with E-state index in [0.717, 1.165) is 56.9 Å². The monoisotopic (exact) mass is 1190 g/mol. The van der Waals surface area contributed by atoms with E-state index in [1.165, 1.54) is 0 Å². The zero-order chi connectivity index (χ0) is 55.7. The quantitative estimate of drug-likeness (QED) is 0.0998. The van der Waals surface area contributed by atoms with Gasteiger partial charge in [0.1, 0.15) is 0 Å². The predicted molar refractivity (Wildman–Crippen MR) is 283 cm³/mol. The maximum absolute atomic E-state index is 14.7. The molecule has 0 saturated carbocycles. The summed E-state index contributed by atoms with van der Waals surface area (Å²) < 4.78 is 176. The molecule has 0 saturated heterocycles. The van der Waals surface area contributed by atoms with Crippen LogP contribution in [-0.2, 0) is 51.9 Å². The average molecular weight is 1190 g/mol. The third-order valence-electron chi connectivity index (χ3n) is 15.5. The van der Waals surface area contributed by atoms with Crippen molar-refractivity contribution in [3.05, 3.63) is 170 Å². The van der Waals surface area contributed by atoms with Gasteiger partial charge in [0.25, 0.3) is 0 Å². The first-order valence-electron chi connectivity index (χ1n) is 25.2. The maximum atomic E-state index is 14.7. The molecule has 3 aliphatic rings. The van der Waals surface area contributed by atoms with Gasteiger partial charge in [-0.05, 0) is 0 Å². The Bertz CT molecular complexity index is 3160. The van der Waals surface area contributed by atoms with E-state index >= 15 is 0 Å². The van der Waals surface area contributed by atoms with Gasteiger partial charge in [0.2, 0.25) is 0 Å². The molecule has 6 aromatic rings. The summed E-state index contributed by atoms with van der Waals surface area (Å²) in [6.07, 6.45) is -15.1. The zero-order valence-electron chi connectivity index (χ0n) is 43.0. The summed E-state index contributed by atoms with van der Waals surface area (Å²) in [5, 5.41) is 2.11. The number of alkyl halides is 12. The van der Waals surface area contributed by atoms with Crippen molar-refractivity contribution in [1.29, 1.82) is 0 Å². The first kappa shape index (κ1) is 56.4. The van der Waals surface area contributed by atoms with E-state index in [-0.39, 0.29) is 34.4 Å². The SMILES string of the molecule is CCCC1=Cc2c(ccc(C(C)(C)C)c2-c2cc(C(F)(F)F)cc(C(F)(F)F)c2)[CH]1[Zr]([Cl])([Cl])([c]1cccc2c1[SiH2]c1ccccc1-2)[CH]1C(CCC)=Cc2c1ccc(C(C)(C)C)c2-c1cc(C(F)(F)F)cc(C(F)(F)F)c1. The van der Waals surface area contributed by atoms with E-state index in [0.29, 0.717) is 62.3 Å². The molecule has 6 aromatic carbocycles. The van der Waals surface area contributed by atoms with E-state index in [1.807, 2.05) is 116 Å². The van der Waals surface area contributed by atoms with Gasteiger partial charge < -0.3 is 0 Å². The van der Waals surface area contributed by atoms with Crippen molar-refractivity contribution in [2.24, 2.45) is 0 Å². The normalized spacial score (nSPS) is 17.7. The molecular formula is C60H55Cl2F12SiZr. The zero-order valence-corrected chi connectivity index (χ0v) is 48.3. The number of hydrogen-bond donors (Lipinski definition) is 0. The van der Waals surface area contributed by atoms with Crippen LogP contribution in [0.4, 0.5) is 52.7 Å². The van der Waals surface area contributed by atoms with Crippen LogP contribution < -0.4 is 13.6 Å². The van der Waals surface area contributed by atoms with Gasteiger partial charge in [-0.25, -0.2) is 0 Å². The Morgan fingerprint density at radius 1 is 0.474 bits per heavy atom. The number of benzene rings is 6. The molecule has 2 aliphatic carbocycles. The van der Waals surface area contributed by atoms with Crippen LogP contribution in [0.2, 0.25) is 0 Å². The molecule has 0 bridgehead atoms. The number of hydrogen-bond acceptors (Lipinski definition) is 0. The van der Waals surface area contributed by atoms with Gasteiger partial charge in [-0.3, -0.25) is 0 Å². The summed E-state index contributed by atoms with van der Waals surface area (Å²) in [5.41, 5.74) is -1.67. The molecule has 0 nitrogen and oxygen atoms in total. The second-order valence-corrected chi connectivity index (χ2v) is 45.1. The van der Waals surface area contributed by atoms with E-state index in [2.05, 4.69) is 6.07 Å². The number of rotatable bonds is 9. The Morgan fingerprint density at radius 2 is 0.855 bits per heavy atom. The summed E-state index contributed by atoms with van der Waals surface area (Å²) in [6, 6.07) is 24.3. The van der Waals surface area contributed by atoms with Gasteiger partial charge in [-0.15, -0.1) is 0 Å². The van der Waals surface area contributed by atoms with Crippen LogP contribution in [-0.4, -0.2) is 9.52 Å². The molecule has 0 aromatic heterocycles. The van der Waals surface area contributed by atoms with Crippen LogP contribution in [0, 0.1) is 0 Å². The molecule has 1 aliphatic heterocycles.